The maximum atomic E-state index is 13.0. The Morgan fingerprint density at radius 3 is 2.67 bits per heavy atom. The lowest BCUT2D eigenvalue weighted by Gasteiger charge is -2.34. The zero-order chi connectivity index (χ0) is 26.1. The highest BCUT2D eigenvalue weighted by Crippen LogP contribution is 2.38. The molecule has 3 rings (SSSR count). The maximum absolute atomic E-state index is 13.0. The highest BCUT2D eigenvalue weighted by atomic mass is 127. The van der Waals surface area contributed by atoms with Crippen LogP contribution in [0.25, 0.3) is 11.1 Å². The minimum absolute atomic E-state index is 0.0709. The Bertz CT molecular complexity index is 1100. The molecule has 2 aromatic carbocycles. The number of carbonyl (C=O) groups is 2. The number of ether oxygens (including phenoxy) is 1. The van der Waals surface area contributed by atoms with Gasteiger partial charge in [0.25, 0.3) is 0 Å². The Morgan fingerprint density at radius 1 is 1.17 bits per heavy atom. The predicted molar refractivity (Wildman–Crippen MR) is 141 cm³/mol. The monoisotopic (exact) mass is 636 g/mol. The van der Waals surface area contributed by atoms with E-state index >= 15 is 0 Å². The van der Waals surface area contributed by atoms with Crippen LogP contribution in [0, 0.1) is 0 Å². The first-order valence-corrected chi connectivity index (χ1v) is 12.6. The van der Waals surface area contributed by atoms with E-state index < -0.39 is 12.4 Å². The van der Waals surface area contributed by atoms with E-state index in [1.54, 1.807) is 23.2 Å². The van der Waals surface area contributed by atoms with Crippen molar-refractivity contribution in [3.8, 4) is 16.9 Å². The Kier molecular flexibility index (Phi) is 10.3. The van der Waals surface area contributed by atoms with Gasteiger partial charge >= 0.3 is 6.36 Å². The van der Waals surface area contributed by atoms with Crippen molar-refractivity contribution in [3.05, 3.63) is 59.8 Å². The second kappa shape index (κ2) is 13.2. The standard InChI is InChI=1S/C24H25ClF3IN4O3/c25-19-14-16(9-10-17(19)18-6-1-2-8-21(18)36-24(26,27)28)32-23(35)20-7-3-4-13-33(20)22(34)15-30-11-5-12-31-29/h1-2,5-6,8-11,14,20,30-31H,3-4,7,12-13,15H2,(H,32,35)/b11-5-/t20-/m1/s1. The highest BCUT2D eigenvalue weighted by Gasteiger charge is 2.33. The number of likely N-dealkylation sites (tertiary alicyclic amines) is 1. The minimum atomic E-state index is -4.85. The second-order valence-electron chi connectivity index (χ2n) is 7.95. The molecule has 1 saturated heterocycles. The fourth-order valence-electron chi connectivity index (χ4n) is 3.88. The number of anilines is 1. The summed E-state index contributed by atoms with van der Waals surface area (Å²) in [6.07, 6.45) is 0.819. The van der Waals surface area contributed by atoms with E-state index in [-0.39, 0.29) is 34.7 Å². The molecule has 3 N–H and O–H groups in total. The number of hydrogen-bond acceptors (Lipinski definition) is 5. The molecular formula is C24H25ClF3IN4O3. The van der Waals surface area contributed by atoms with Gasteiger partial charge in [0.2, 0.25) is 11.8 Å². The van der Waals surface area contributed by atoms with E-state index in [1.807, 2.05) is 28.9 Å². The van der Waals surface area contributed by atoms with Gasteiger partial charge in [-0.05, 0) is 43.7 Å². The third-order valence-electron chi connectivity index (χ3n) is 5.45. The number of benzene rings is 2. The normalized spacial score (nSPS) is 16.1. The number of amides is 2. The molecule has 194 valence electrons. The Hall–Kier alpha value is -2.51. The molecular weight excluding hydrogens is 612 g/mol. The van der Waals surface area contributed by atoms with Gasteiger partial charge in [-0.25, -0.2) is 0 Å². The van der Waals surface area contributed by atoms with E-state index in [1.165, 1.54) is 30.3 Å². The van der Waals surface area contributed by atoms with Gasteiger partial charge in [-0.1, -0.05) is 41.9 Å². The van der Waals surface area contributed by atoms with Crippen LogP contribution in [0.1, 0.15) is 19.3 Å². The van der Waals surface area contributed by atoms with Crippen LogP contribution in [0.3, 0.4) is 0 Å². The number of carbonyl (C=O) groups excluding carboxylic acids is 2. The number of hydrogen-bond donors (Lipinski definition) is 3. The molecule has 0 spiro atoms. The molecule has 2 aromatic rings. The Morgan fingerprint density at radius 2 is 1.94 bits per heavy atom. The second-order valence-corrected chi connectivity index (χ2v) is 9.12. The number of nitrogens with zero attached hydrogens (tertiary/aromatic N) is 1. The number of alkyl halides is 3. The lowest BCUT2D eigenvalue weighted by Crippen LogP contribution is -2.52. The molecule has 12 heteroatoms. The molecule has 0 radical (unpaired) electrons. The molecule has 0 unspecified atom stereocenters. The van der Waals surface area contributed by atoms with Gasteiger partial charge in [-0.2, -0.15) is 0 Å². The summed E-state index contributed by atoms with van der Waals surface area (Å²) in [6.45, 7) is 1.20. The molecule has 1 aliphatic rings. The maximum Gasteiger partial charge on any atom is 0.573 e. The first-order valence-electron chi connectivity index (χ1n) is 11.2. The molecule has 0 aliphatic carbocycles. The molecule has 36 heavy (non-hydrogen) atoms. The smallest absolute Gasteiger partial charge is 0.405 e. The number of nitrogens with one attached hydrogen (secondary N) is 3. The van der Waals surface area contributed by atoms with Crippen molar-refractivity contribution < 1.29 is 27.5 Å². The zero-order valence-electron chi connectivity index (χ0n) is 19.1. The summed E-state index contributed by atoms with van der Waals surface area (Å²) in [4.78, 5) is 27.3. The van der Waals surface area contributed by atoms with E-state index in [2.05, 4.69) is 18.9 Å². The summed E-state index contributed by atoms with van der Waals surface area (Å²) in [6, 6.07) is 9.56. The zero-order valence-corrected chi connectivity index (χ0v) is 22.0. The van der Waals surface area contributed by atoms with Crippen molar-refractivity contribution >= 4 is 52.0 Å². The summed E-state index contributed by atoms with van der Waals surface area (Å²) in [5.41, 5.74) is 0.853. The van der Waals surface area contributed by atoms with Gasteiger partial charge in [0.15, 0.2) is 0 Å². The van der Waals surface area contributed by atoms with Gasteiger partial charge in [0, 0.05) is 52.8 Å². The molecule has 0 aromatic heterocycles. The quantitative estimate of drug-likeness (QED) is 0.258. The van der Waals surface area contributed by atoms with Crippen LogP contribution >= 0.6 is 34.5 Å². The van der Waals surface area contributed by atoms with E-state index in [0.29, 0.717) is 30.8 Å². The van der Waals surface area contributed by atoms with Crippen LogP contribution in [0.15, 0.2) is 54.7 Å². The summed E-state index contributed by atoms with van der Waals surface area (Å²) in [7, 11) is 0. The number of para-hydroxylation sites is 1. The molecule has 0 saturated carbocycles. The molecule has 1 atom stereocenters. The lowest BCUT2D eigenvalue weighted by molar-refractivity contribution is -0.274. The molecule has 7 nitrogen and oxygen atoms in total. The molecule has 1 heterocycles. The third-order valence-corrected chi connectivity index (χ3v) is 6.20. The Labute approximate surface area is 225 Å². The van der Waals surface area contributed by atoms with Gasteiger partial charge in [0.1, 0.15) is 11.8 Å². The topological polar surface area (TPSA) is 82.7 Å². The van der Waals surface area contributed by atoms with Crippen LogP contribution in [0.4, 0.5) is 18.9 Å². The van der Waals surface area contributed by atoms with E-state index in [4.69, 9.17) is 11.6 Å². The minimum Gasteiger partial charge on any atom is -0.405 e. The third kappa shape index (κ3) is 8.00. The summed E-state index contributed by atoms with van der Waals surface area (Å²) >= 11 is 8.39. The van der Waals surface area contributed by atoms with Crippen molar-refractivity contribution in [2.45, 2.75) is 31.7 Å². The largest absolute Gasteiger partial charge is 0.573 e. The van der Waals surface area contributed by atoms with Crippen LogP contribution in [-0.4, -0.2) is 48.8 Å². The fourth-order valence-corrected chi connectivity index (χ4v) is 4.41. The van der Waals surface area contributed by atoms with Crippen LogP contribution in [0.2, 0.25) is 5.02 Å². The Balaban J connectivity index is 1.70. The predicted octanol–water partition coefficient (Wildman–Crippen LogP) is 5.27. The summed E-state index contributed by atoms with van der Waals surface area (Å²) in [5, 5.41) is 5.85. The van der Waals surface area contributed by atoms with Crippen molar-refractivity contribution in [1.29, 1.82) is 0 Å². The molecule has 2 amide bonds. The lowest BCUT2D eigenvalue weighted by atomic mass is 10.0. The average Bonchev–Trinajstić information content (AvgIpc) is 2.83. The molecule has 0 bridgehead atoms. The van der Waals surface area contributed by atoms with Gasteiger partial charge in [0.05, 0.1) is 11.6 Å². The van der Waals surface area contributed by atoms with Gasteiger partial charge in [-0.15, -0.1) is 13.2 Å². The number of halogens is 5. The van der Waals surface area contributed by atoms with E-state index in [9.17, 15) is 22.8 Å². The van der Waals surface area contributed by atoms with Gasteiger partial charge in [-0.3, -0.25) is 13.1 Å². The average molecular weight is 637 g/mol. The van der Waals surface area contributed by atoms with Crippen molar-refractivity contribution in [3.63, 3.8) is 0 Å². The van der Waals surface area contributed by atoms with Crippen LogP contribution < -0.4 is 18.9 Å². The van der Waals surface area contributed by atoms with Crippen molar-refractivity contribution in [2.24, 2.45) is 0 Å². The highest BCUT2D eigenvalue weighted by molar-refractivity contribution is 14.1. The number of piperidine rings is 1. The summed E-state index contributed by atoms with van der Waals surface area (Å²) in [5.74, 6) is -0.914. The van der Waals surface area contributed by atoms with Crippen molar-refractivity contribution in [1.82, 2.24) is 13.7 Å². The molecule has 1 aliphatic heterocycles. The first kappa shape index (κ1) is 28.1. The summed E-state index contributed by atoms with van der Waals surface area (Å²) < 4.78 is 45.4. The van der Waals surface area contributed by atoms with Gasteiger partial charge < -0.3 is 20.3 Å². The number of rotatable bonds is 9. The molecule has 1 fully saturated rings. The van der Waals surface area contributed by atoms with E-state index in [0.717, 1.165) is 12.8 Å². The SMILES string of the molecule is O=C(Nc1ccc(-c2ccccc2OC(F)(F)F)c(Cl)c1)[C@H]1CCCCN1C(=O)CN/C=C\CNI. The van der Waals surface area contributed by atoms with Crippen LogP contribution in [0.5, 0.6) is 5.75 Å². The van der Waals surface area contributed by atoms with Crippen molar-refractivity contribution in [2.75, 3.05) is 25.0 Å². The first-order chi connectivity index (χ1) is 17.2. The fraction of sp³-hybridized carbons (Fsp3) is 0.333. The van der Waals surface area contributed by atoms with Crippen LogP contribution in [-0.2, 0) is 9.59 Å².